The number of para-hydroxylation sites is 1. The third-order valence-corrected chi connectivity index (χ3v) is 6.74. The van der Waals surface area contributed by atoms with E-state index in [1.807, 2.05) is 30.3 Å². The minimum atomic E-state index is -0.967. The molecule has 0 aliphatic carbocycles. The lowest BCUT2D eigenvalue weighted by molar-refractivity contribution is -0.126. The number of carbonyl (C=O) groups is 2. The molecule has 0 atom stereocenters. The predicted octanol–water partition coefficient (Wildman–Crippen LogP) is 4.82. The number of piperazine rings is 1. The Kier molecular flexibility index (Phi) is 8.23. The van der Waals surface area contributed by atoms with Gasteiger partial charge in [0.15, 0.2) is 0 Å². The van der Waals surface area contributed by atoms with Crippen LogP contribution in [0.2, 0.25) is 0 Å². The molecule has 1 aliphatic rings. The second-order valence-electron chi connectivity index (χ2n) is 8.27. The summed E-state index contributed by atoms with van der Waals surface area (Å²) in [5, 5.41) is 18.7. The molecule has 3 aromatic rings. The number of hydrogen-bond donors (Lipinski definition) is 1. The number of ether oxygens (including phenoxy) is 1. The molecule has 0 aromatic heterocycles. The summed E-state index contributed by atoms with van der Waals surface area (Å²) in [6.45, 7) is 2.85. The number of nitrogens with zero attached hydrogens (tertiary/aromatic N) is 3. The summed E-state index contributed by atoms with van der Waals surface area (Å²) in [5.41, 5.74) is 3.06. The van der Waals surface area contributed by atoms with Crippen molar-refractivity contribution in [3.05, 3.63) is 98.6 Å². The third-order valence-electron chi connectivity index (χ3n) is 5.90. The van der Waals surface area contributed by atoms with Crippen molar-refractivity contribution in [1.82, 2.24) is 4.90 Å². The molecular weight excluding hydrogens is 569 g/mol. The Morgan fingerprint density at radius 1 is 1.00 bits per heavy atom. The molecule has 1 saturated heterocycles. The Morgan fingerprint density at radius 3 is 2.31 bits per heavy atom. The van der Waals surface area contributed by atoms with Gasteiger partial charge in [0.2, 0.25) is 0 Å². The van der Waals surface area contributed by atoms with E-state index in [0.717, 1.165) is 33.5 Å². The fraction of sp³-hybridized carbons (Fsp3) is 0.179. The van der Waals surface area contributed by atoms with Crippen molar-refractivity contribution in [1.29, 1.82) is 5.26 Å². The molecule has 1 heterocycles. The van der Waals surface area contributed by atoms with E-state index in [1.54, 1.807) is 41.3 Å². The molecule has 182 valence electrons. The van der Waals surface area contributed by atoms with E-state index in [-0.39, 0.29) is 17.0 Å². The van der Waals surface area contributed by atoms with Crippen molar-refractivity contribution in [3.8, 4) is 11.8 Å². The van der Waals surface area contributed by atoms with Gasteiger partial charge in [0, 0.05) is 31.9 Å². The van der Waals surface area contributed by atoms with E-state index in [0.29, 0.717) is 25.4 Å². The van der Waals surface area contributed by atoms with E-state index in [9.17, 15) is 14.9 Å². The van der Waals surface area contributed by atoms with Crippen LogP contribution in [0.3, 0.4) is 0 Å². The summed E-state index contributed by atoms with van der Waals surface area (Å²) < 4.78 is 6.72. The second kappa shape index (κ2) is 11.7. The van der Waals surface area contributed by atoms with Crippen LogP contribution in [0.25, 0.3) is 6.08 Å². The molecule has 0 saturated carbocycles. The molecule has 1 aliphatic heterocycles. The smallest absolute Gasteiger partial charge is 0.335 e. The van der Waals surface area contributed by atoms with Crippen LogP contribution in [-0.2, 0) is 11.4 Å². The third kappa shape index (κ3) is 6.23. The van der Waals surface area contributed by atoms with Crippen molar-refractivity contribution in [3.63, 3.8) is 0 Å². The first-order valence-corrected chi connectivity index (χ1v) is 12.5. The first-order chi connectivity index (χ1) is 17.4. The van der Waals surface area contributed by atoms with Crippen LogP contribution in [0.15, 0.2) is 78.4 Å². The minimum Gasteiger partial charge on any atom is -0.488 e. The number of benzene rings is 3. The zero-order valence-electron chi connectivity index (χ0n) is 19.4. The summed E-state index contributed by atoms with van der Waals surface area (Å²) in [6.07, 6.45) is 1.61. The minimum absolute atomic E-state index is 0.103. The molecule has 0 bridgehead atoms. The number of aromatic carboxylic acids is 1. The Morgan fingerprint density at radius 2 is 1.69 bits per heavy atom. The highest BCUT2D eigenvalue weighted by molar-refractivity contribution is 14.1. The molecule has 36 heavy (non-hydrogen) atoms. The lowest BCUT2D eigenvalue weighted by Gasteiger charge is -2.36. The standard InChI is InChI=1S/C28H24IN3O4/c29-25-17-21(8-11-26(25)36-19-20-6-9-22(10-7-20)28(34)35)16-23(18-30)27(33)32-14-12-31(13-15-32)24-4-2-1-3-5-24/h1-11,16-17H,12-15,19H2,(H,34,35)/b23-16-. The van der Waals surface area contributed by atoms with Crippen molar-refractivity contribution >= 4 is 46.2 Å². The Labute approximate surface area is 223 Å². The number of halogens is 1. The quantitative estimate of drug-likeness (QED) is 0.240. The molecule has 3 aromatic carbocycles. The van der Waals surface area contributed by atoms with Crippen LogP contribution in [-0.4, -0.2) is 48.1 Å². The number of hydrogen-bond acceptors (Lipinski definition) is 5. The van der Waals surface area contributed by atoms with Crippen LogP contribution >= 0.6 is 22.6 Å². The lowest BCUT2D eigenvalue weighted by atomic mass is 10.1. The first kappa shape index (κ1) is 25.3. The van der Waals surface area contributed by atoms with Gasteiger partial charge in [-0.2, -0.15) is 5.26 Å². The van der Waals surface area contributed by atoms with Gasteiger partial charge < -0.3 is 19.6 Å². The molecule has 1 fully saturated rings. The van der Waals surface area contributed by atoms with Crippen LogP contribution in [0.5, 0.6) is 5.75 Å². The number of rotatable bonds is 7. The maximum atomic E-state index is 13.0. The van der Waals surface area contributed by atoms with Crippen molar-refractivity contribution in [2.75, 3.05) is 31.1 Å². The van der Waals surface area contributed by atoms with Crippen molar-refractivity contribution in [2.24, 2.45) is 0 Å². The summed E-state index contributed by atoms with van der Waals surface area (Å²) in [5.74, 6) is -0.562. The second-order valence-corrected chi connectivity index (χ2v) is 9.43. The molecule has 4 rings (SSSR count). The fourth-order valence-corrected chi connectivity index (χ4v) is 4.61. The Balaban J connectivity index is 1.37. The zero-order chi connectivity index (χ0) is 25.5. The molecule has 1 N–H and O–H groups in total. The van der Waals surface area contributed by atoms with Gasteiger partial charge in [-0.3, -0.25) is 4.79 Å². The molecular formula is C28H24IN3O4. The highest BCUT2D eigenvalue weighted by atomic mass is 127. The van der Waals surface area contributed by atoms with E-state index >= 15 is 0 Å². The maximum absolute atomic E-state index is 13.0. The zero-order valence-corrected chi connectivity index (χ0v) is 21.6. The van der Waals surface area contributed by atoms with Crippen molar-refractivity contribution < 1.29 is 19.4 Å². The van der Waals surface area contributed by atoms with E-state index in [2.05, 4.69) is 45.7 Å². The highest BCUT2D eigenvalue weighted by Gasteiger charge is 2.24. The van der Waals surface area contributed by atoms with Crippen LogP contribution in [0.1, 0.15) is 21.5 Å². The van der Waals surface area contributed by atoms with Gasteiger partial charge in [-0.05, 0) is 76.2 Å². The lowest BCUT2D eigenvalue weighted by Crippen LogP contribution is -2.49. The number of carbonyl (C=O) groups excluding carboxylic acids is 1. The number of carboxylic acids is 1. The van der Waals surface area contributed by atoms with E-state index in [4.69, 9.17) is 9.84 Å². The molecule has 8 heteroatoms. The predicted molar refractivity (Wildman–Crippen MR) is 146 cm³/mol. The number of amides is 1. The highest BCUT2D eigenvalue weighted by Crippen LogP contribution is 2.25. The topological polar surface area (TPSA) is 93.9 Å². The van der Waals surface area contributed by atoms with Crippen LogP contribution in [0.4, 0.5) is 5.69 Å². The van der Waals surface area contributed by atoms with Gasteiger partial charge in [-0.15, -0.1) is 0 Å². The monoisotopic (exact) mass is 593 g/mol. The summed E-state index contributed by atoms with van der Waals surface area (Å²) in [6, 6.07) is 24.2. The largest absolute Gasteiger partial charge is 0.488 e. The number of nitriles is 1. The Hall–Kier alpha value is -3.84. The van der Waals surface area contributed by atoms with Gasteiger partial charge in [-0.1, -0.05) is 36.4 Å². The molecule has 0 unspecified atom stereocenters. The van der Waals surface area contributed by atoms with E-state index < -0.39 is 5.97 Å². The van der Waals surface area contributed by atoms with Gasteiger partial charge in [0.05, 0.1) is 9.13 Å². The fourth-order valence-electron chi connectivity index (χ4n) is 3.91. The Bertz CT molecular complexity index is 1310. The summed E-state index contributed by atoms with van der Waals surface area (Å²) in [4.78, 5) is 28.0. The maximum Gasteiger partial charge on any atom is 0.335 e. The summed E-state index contributed by atoms with van der Waals surface area (Å²) >= 11 is 2.15. The van der Waals surface area contributed by atoms with Gasteiger partial charge in [0.25, 0.3) is 5.91 Å². The molecule has 0 radical (unpaired) electrons. The SMILES string of the molecule is N#C/C(=C/c1ccc(OCc2ccc(C(=O)O)cc2)c(I)c1)C(=O)N1CCN(c2ccccc2)CC1. The number of anilines is 1. The van der Waals surface area contributed by atoms with Gasteiger partial charge >= 0.3 is 5.97 Å². The normalized spacial score (nSPS) is 13.7. The first-order valence-electron chi connectivity index (χ1n) is 11.4. The van der Waals surface area contributed by atoms with Crippen molar-refractivity contribution in [2.45, 2.75) is 6.61 Å². The number of carboxylic acid groups (broad SMARTS) is 1. The van der Waals surface area contributed by atoms with Crippen LogP contribution < -0.4 is 9.64 Å². The molecule has 7 nitrogen and oxygen atoms in total. The molecule has 0 spiro atoms. The average Bonchev–Trinajstić information content (AvgIpc) is 2.91. The van der Waals surface area contributed by atoms with Gasteiger partial charge in [0.1, 0.15) is 24.0 Å². The summed E-state index contributed by atoms with van der Waals surface area (Å²) in [7, 11) is 0. The molecule has 1 amide bonds. The van der Waals surface area contributed by atoms with Crippen LogP contribution in [0, 0.1) is 14.9 Å². The van der Waals surface area contributed by atoms with Gasteiger partial charge in [-0.25, -0.2) is 4.79 Å². The van der Waals surface area contributed by atoms with E-state index in [1.165, 1.54) is 0 Å². The average molecular weight is 593 g/mol.